The van der Waals surface area contributed by atoms with E-state index in [-0.39, 0.29) is 5.60 Å². The van der Waals surface area contributed by atoms with Gasteiger partial charge in [0, 0.05) is 18.7 Å². The topological polar surface area (TPSA) is 21.3 Å². The van der Waals surface area contributed by atoms with E-state index in [1.807, 2.05) is 0 Å². The Morgan fingerprint density at radius 1 is 0.952 bits per heavy atom. The van der Waals surface area contributed by atoms with Crippen molar-refractivity contribution in [3.8, 4) is 0 Å². The maximum absolute atomic E-state index is 6.23. The summed E-state index contributed by atoms with van der Waals surface area (Å²) in [5.41, 5.74) is 0.258. The van der Waals surface area contributed by atoms with Crippen LogP contribution in [-0.2, 0) is 4.74 Å². The summed E-state index contributed by atoms with van der Waals surface area (Å²) in [6, 6.07) is 1.52. The molecule has 0 aromatic carbocycles. The zero-order chi connectivity index (χ0) is 14.5. The summed E-state index contributed by atoms with van der Waals surface area (Å²) in [6.45, 7) is 3.32. The van der Waals surface area contributed by atoms with Crippen molar-refractivity contribution in [2.45, 2.75) is 108 Å². The van der Waals surface area contributed by atoms with Gasteiger partial charge in [0.05, 0.1) is 5.60 Å². The third kappa shape index (κ3) is 4.22. The fraction of sp³-hybridized carbons (Fsp3) is 1.00. The fourth-order valence-corrected chi connectivity index (χ4v) is 5.07. The van der Waals surface area contributed by atoms with Crippen molar-refractivity contribution in [3.63, 3.8) is 0 Å². The van der Waals surface area contributed by atoms with Gasteiger partial charge in [-0.1, -0.05) is 39.0 Å². The molecule has 1 atom stereocenters. The number of hydrogen-bond donors (Lipinski definition) is 1. The monoisotopic (exact) mass is 293 g/mol. The highest BCUT2D eigenvalue weighted by atomic mass is 16.5. The van der Waals surface area contributed by atoms with E-state index in [0.717, 1.165) is 24.6 Å². The van der Waals surface area contributed by atoms with E-state index in [1.54, 1.807) is 0 Å². The van der Waals surface area contributed by atoms with Gasteiger partial charge in [-0.15, -0.1) is 0 Å². The van der Waals surface area contributed by atoms with Crippen LogP contribution in [0.1, 0.15) is 90.4 Å². The van der Waals surface area contributed by atoms with Crippen LogP contribution in [0.2, 0.25) is 0 Å². The molecule has 1 N–H and O–H groups in total. The van der Waals surface area contributed by atoms with Gasteiger partial charge in [0.2, 0.25) is 0 Å². The lowest BCUT2D eigenvalue weighted by molar-refractivity contribution is -0.110. The molecule has 3 fully saturated rings. The summed E-state index contributed by atoms with van der Waals surface area (Å²) < 4.78 is 6.23. The van der Waals surface area contributed by atoms with E-state index in [0.29, 0.717) is 0 Å². The number of rotatable bonds is 4. The molecule has 0 bridgehead atoms. The van der Waals surface area contributed by atoms with E-state index < -0.39 is 0 Å². The molecule has 1 heterocycles. The molecule has 2 nitrogen and oxygen atoms in total. The van der Waals surface area contributed by atoms with Crippen LogP contribution in [-0.4, -0.2) is 24.3 Å². The Morgan fingerprint density at radius 2 is 1.71 bits per heavy atom. The first-order valence-corrected chi connectivity index (χ1v) is 9.70. The first-order valence-electron chi connectivity index (χ1n) is 9.70. The van der Waals surface area contributed by atoms with Crippen LogP contribution in [0.15, 0.2) is 0 Å². The fourth-order valence-electron chi connectivity index (χ4n) is 5.07. The number of hydrogen-bond acceptors (Lipinski definition) is 2. The van der Waals surface area contributed by atoms with E-state index in [2.05, 4.69) is 12.2 Å². The van der Waals surface area contributed by atoms with E-state index in [1.165, 1.54) is 83.5 Å². The lowest BCUT2D eigenvalue weighted by atomic mass is 9.77. The van der Waals surface area contributed by atoms with Crippen LogP contribution in [0.5, 0.6) is 0 Å². The average Bonchev–Trinajstić information content (AvgIpc) is 2.50. The first-order chi connectivity index (χ1) is 10.3. The zero-order valence-electron chi connectivity index (χ0n) is 14.0. The molecular weight excluding hydrogens is 258 g/mol. The molecular formula is C19H35NO. The Hall–Kier alpha value is -0.0800. The maximum atomic E-state index is 6.23. The summed E-state index contributed by atoms with van der Waals surface area (Å²) in [5.74, 6) is 1.02. The molecule has 0 radical (unpaired) electrons. The van der Waals surface area contributed by atoms with Gasteiger partial charge in [0.25, 0.3) is 0 Å². The summed E-state index contributed by atoms with van der Waals surface area (Å²) in [4.78, 5) is 0. The van der Waals surface area contributed by atoms with E-state index in [4.69, 9.17) is 4.74 Å². The Labute approximate surface area is 131 Å². The summed E-state index contributed by atoms with van der Waals surface area (Å²) in [5, 5.41) is 4.01. The van der Waals surface area contributed by atoms with Gasteiger partial charge in [0.1, 0.15) is 0 Å². The van der Waals surface area contributed by atoms with Crippen molar-refractivity contribution in [2.24, 2.45) is 5.92 Å². The smallest absolute Gasteiger partial charge is 0.0697 e. The van der Waals surface area contributed by atoms with Gasteiger partial charge in [-0.25, -0.2) is 0 Å². The summed E-state index contributed by atoms with van der Waals surface area (Å²) in [6.07, 6.45) is 17.9. The number of ether oxygens (including phenoxy) is 1. The normalized spacial score (nSPS) is 36.7. The van der Waals surface area contributed by atoms with Gasteiger partial charge >= 0.3 is 0 Å². The van der Waals surface area contributed by atoms with Crippen LogP contribution < -0.4 is 5.32 Å². The average molecular weight is 293 g/mol. The Bertz CT molecular complexity index is 297. The van der Waals surface area contributed by atoms with Gasteiger partial charge in [-0.2, -0.15) is 0 Å². The lowest BCUT2D eigenvalue weighted by Crippen LogP contribution is -2.51. The first kappa shape index (κ1) is 15.8. The van der Waals surface area contributed by atoms with Crippen molar-refractivity contribution < 1.29 is 4.74 Å². The predicted molar refractivity (Wildman–Crippen MR) is 88.6 cm³/mol. The molecule has 3 rings (SSSR count). The second-order valence-electron chi connectivity index (χ2n) is 7.95. The Balaban J connectivity index is 1.45. The molecule has 2 heteroatoms. The molecule has 2 saturated carbocycles. The predicted octanol–water partition coefficient (Wildman–Crippen LogP) is 4.82. The second kappa shape index (κ2) is 7.46. The van der Waals surface area contributed by atoms with Gasteiger partial charge in [-0.3, -0.25) is 0 Å². The highest BCUT2D eigenvalue weighted by Crippen LogP contribution is 2.39. The van der Waals surface area contributed by atoms with Crippen LogP contribution in [0.25, 0.3) is 0 Å². The molecule has 1 aliphatic heterocycles. The summed E-state index contributed by atoms with van der Waals surface area (Å²) in [7, 11) is 0. The van der Waals surface area contributed by atoms with Gasteiger partial charge < -0.3 is 10.1 Å². The maximum Gasteiger partial charge on any atom is 0.0697 e. The molecule has 3 aliphatic rings. The van der Waals surface area contributed by atoms with Crippen LogP contribution in [0.3, 0.4) is 0 Å². The van der Waals surface area contributed by atoms with Crippen molar-refractivity contribution >= 4 is 0 Å². The highest BCUT2D eigenvalue weighted by molar-refractivity contribution is 4.93. The molecule has 1 spiro atoms. The zero-order valence-corrected chi connectivity index (χ0v) is 14.0. The number of nitrogens with one attached hydrogen (secondary N) is 1. The van der Waals surface area contributed by atoms with Crippen molar-refractivity contribution in [2.75, 3.05) is 6.61 Å². The van der Waals surface area contributed by atoms with Crippen molar-refractivity contribution in [3.05, 3.63) is 0 Å². The molecule has 122 valence electrons. The SMILES string of the molecule is CCCC1CCC(NC2CCOC3(CCCCC3)C2)CC1. The van der Waals surface area contributed by atoms with Gasteiger partial charge in [0.15, 0.2) is 0 Å². The minimum absolute atomic E-state index is 0.258. The summed E-state index contributed by atoms with van der Waals surface area (Å²) >= 11 is 0. The quantitative estimate of drug-likeness (QED) is 0.802. The standard InChI is InChI=1S/C19H35NO/c1-2-6-16-7-9-17(10-8-16)20-18-11-14-21-19(15-18)12-4-3-5-13-19/h16-18,20H,2-15H2,1H3. The van der Waals surface area contributed by atoms with Crippen LogP contribution >= 0.6 is 0 Å². The molecule has 0 aromatic rings. The third-order valence-corrected chi connectivity index (χ3v) is 6.27. The third-order valence-electron chi connectivity index (χ3n) is 6.27. The molecule has 1 saturated heterocycles. The molecule has 1 unspecified atom stereocenters. The van der Waals surface area contributed by atoms with Crippen molar-refractivity contribution in [1.82, 2.24) is 5.32 Å². The molecule has 21 heavy (non-hydrogen) atoms. The van der Waals surface area contributed by atoms with Crippen LogP contribution in [0.4, 0.5) is 0 Å². The largest absolute Gasteiger partial charge is 0.375 e. The van der Waals surface area contributed by atoms with E-state index >= 15 is 0 Å². The Kier molecular flexibility index (Phi) is 5.61. The molecule has 0 amide bonds. The van der Waals surface area contributed by atoms with E-state index in [9.17, 15) is 0 Å². The minimum atomic E-state index is 0.258. The van der Waals surface area contributed by atoms with Gasteiger partial charge in [-0.05, 0) is 57.3 Å². The molecule has 0 aromatic heterocycles. The lowest BCUT2D eigenvalue weighted by Gasteiger charge is -2.45. The highest BCUT2D eigenvalue weighted by Gasteiger charge is 2.39. The van der Waals surface area contributed by atoms with Crippen LogP contribution in [0, 0.1) is 5.92 Å². The minimum Gasteiger partial charge on any atom is -0.375 e. The Morgan fingerprint density at radius 3 is 2.43 bits per heavy atom. The second-order valence-corrected chi connectivity index (χ2v) is 7.95. The molecule has 2 aliphatic carbocycles. The van der Waals surface area contributed by atoms with Crippen molar-refractivity contribution in [1.29, 1.82) is 0 Å².